The monoisotopic (exact) mass is 480 g/mol. The molecule has 2 aromatic rings. The number of ether oxygens (including phenoxy) is 1. The number of rotatable bonds is 15. The summed E-state index contributed by atoms with van der Waals surface area (Å²) in [6.45, 7) is 2.06. The average molecular weight is 481 g/mol. The van der Waals surface area contributed by atoms with Gasteiger partial charge in [0.15, 0.2) is 0 Å². The average Bonchev–Trinajstić information content (AvgIpc) is 2.89. The molecule has 0 amide bonds. The molecule has 0 saturated carbocycles. The Hall–Kier alpha value is -2.24. The Morgan fingerprint density at radius 3 is 2.31 bits per heavy atom. The van der Waals surface area contributed by atoms with Crippen molar-refractivity contribution in [1.29, 1.82) is 0 Å². The van der Waals surface area contributed by atoms with E-state index < -0.39 is 5.41 Å². The third kappa shape index (κ3) is 7.37. The minimum absolute atomic E-state index is 0.199. The fraction of sp³-hybridized carbons (Fsp3) is 0.600. The first-order valence-electron chi connectivity index (χ1n) is 13.6. The molecule has 1 fully saturated rings. The Balaban J connectivity index is 1.61. The van der Waals surface area contributed by atoms with Crippen molar-refractivity contribution < 1.29 is 14.3 Å². The van der Waals surface area contributed by atoms with Crippen molar-refractivity contribution in [3.63, 3.8) is 0 Å². The summed E-state index contributed by atoms with van der Waals surface area (Å²) in [5, 5.41) is 5.67. The van der Waals surface area contributed by atoms with E-state index in [1.54, 1.807) is 0 Å². The molecule has 35 heavy (non-hydrogen) atoms. The van der Waals surface area contributed by atoms with E-state index in [9.17, 15) is 9.59 Å². The van der Waals surface area contributed by atoms with Crippen LogP contribution in [0.2, 0.25) is 0 Å². The molecule has 192 valence electrons. The summed E-state index contributed by atoms with van der Waals surface area (Å²) in [4.78, 5) is 26.7. The van der Waals surface area contributed by atoms with Gasteiger partial charge in [-0.1, -0.05) is 87.4 Å². The van der Waals surface area contributed by atoms with E-state index in [4.69, 9.17) is 10.5 Å². The van der Waals surface area contributed by atoms with Gasteiger partial charge in [0.25, 0.3) is 0 Å². The van der Waals surface area contributed by atoms with Gasteiger partial charge in [0.05, 0.1) is 12.5 Å². The number of hydrogen-bond donors (Lipinski definition) is 2. The van der Waals surface area contributed by atoms with Crippen LogP contribution in [0.3, 0.4) is 0 Å². The second-order valence-electron chi connectivity index (χ2n) is 10.2. The Morgan fingerprint density at radius 2 is 1.60 bits per heavy atom. The number of nitrogens with two attached hydrogens (primary N) is 1. The third-order valence-electron chi connectivity index (χ3n) is 7.76. The quantitative estimate of drug-likeness (QED) is 0.257. The van der Waals surface area contributed by atoms with Gasteiger partial charge in [0, 0.05) is 18.9 Å². The van der Waals surface area contributed by atoms with Crippen LogP contribution < -0.4 is 11.1 Å². The van der Waals surface area contributed by atoms with Gasteiger partial charge in [-0.25, -0.2) is 0 Å². The van der Waals surface area contributed by atoms with Crippen LogP contribution in [0, 0.1) is 11.3 Å². The van der Waals surface area contributed by atoms with Crippen LogP contribution in [-0.4, -0.2) is 38.5 Å². The molecule has 1 saturated heterocycles. The molecule has 2 unspecified atom stereocenters. The number of fused-ring (bicyclic) bond motifs is 1. The van der Waals surface area contributed by atoms with E-state index in [0.717, 1.165) is 48.7 Å². The minimum Gasteiger partial charge on any atom is -0.469 e. The molecule has 1 heterocycles. The summed E-state index contributed by atoms with van der Waals surface area (Å²) in [6, 6.07) is 14.5. The van der Waals surface area contributed by atoms with Crippen LogP contribution in [0.5, 0.6) is 0 Å². The van der Waals surface area contributed by atoms with Gasteiger partial charge in [-0.2, -0.15) is 0 Å². The Kier molecular flexibility index (Phi) is 11.2. The van der Waals surface area contributed by atoms with Gasteiger partial charge in [-0.05, 0) is 55.1 Å². The predicted molar refractivity (Wildman–Crippen MR) is 143 cm³/mol. The van der Waals surface area contributed by atoms with Crippen LogP contribution in [0.15, 0.2) is 42.5 Å². The second-order valence-corrected chi connectivity index (χ2v) is 10.2. The number of methoxy groups -OCH3 is 1. The first-order chi connectivity index (χ1) is 17.1. The summed E-state index contributed by atoms with van der Waals surface area (Å²) in [5.74, 6) is -0.408. The summed E-state index contributed by atoms with van der Waals surface area (Å²) in [5.41, 5.74) is 5.84. The van der Waals surface area contributed by atoms with Crippen molar-refractivity contribution in [3.05, 3.63) is 48.0 Å². The number of piperidine rings is 1. The highest BCUT2D eigenvalue weighted by Crippen LogP contribution is 2.41. The topological polar surface area (TPSA) is 81.4 Å². The van der Waals surface area contributed by atoms with Crippen LogP contribution in [0.4, 0.5) is 0 Å². The number of esters is 1. The molecule has 3 rings (SSSR count). The van der Waals surface area contributed by atoms with E-state index in [0.29, 0.717) is 25.8 Å². The van der Waals surface area contributed by atoms with E-state index in [2.05, 4.69) is 29.6 Å². The molecule has 3 N–H and O–H groups in total. The smallest absolute Gasteiger partial charge is 0.312 e. The van der Waals surface area contributed by atoms with Crippen LogP contribution in [0.1, 0.15) is 76.2 Å². The highest BCUT2D eigenvalue weighted by atomic mass is 16.5. The van der Waals surface area contributed by atoms with E-state index in [-0.39, 0.29) is 17.7 Å². The van der Waals surface area contributed by atoms with Crippen molar-refractivity contribution in [2.75, 3.05) is 26.7 Å². The molecule has 0 bridgehead atoms. The van der Waals surface area contributed by atoms with Gasteiger partial charge < -0.3 is 15.8 Å². The number of benzene rings is 2. The molecule has 0 aromatic heterocycles. The van der Waals surface area contributed by atoms with Gasteiger partial charge in [0.1, 0.15) is 5.78 Å². The normalized spacial score (nSPS) is 20.1. The molecule has 0 aliphatic carbocycles. The summed E-state index contributed by atoms with van der Waals surface area (Å²) in [7, 11) is 1.45. The zero-order valence-corrected chi connectivity index (χ0v) is 21.5. The number of hydrogen-bond acceptors (Lipinski definition) is 5. The molecular formula is C30H44N2O3. The molecule has 5 heteroatoms. The first-order valence-corrected chi connectivity index (χ1v) is 13.6. The molecule has 0 spiro atoms. The Bertz CT molecular complexity index is 939. The molecule has 0 radical (unpaired) electrons. The molecule has 1 aliphatic heterocycles. The number of ketones is 1. The van der Waals surface area contributed by atoms with Crippen molar-refractivity contribution >= 4 is 22.5 Å². The Morgan fingerprint density at radius 1 is 0.943 bits per heavy atom. The zero-order valence-electron chi connectivity index (χ0n) is 21.5. The fourth-order valence-electron chi connectivity index (χ4n) is 5.72. The van der Waals surface area contributed by atoms with Crippen molar-refractivity contribution in [1.82, 2.24) is 5.32 Å². The highest BCUT2D eigenvalue weighted by molar-refractivity contribution is 5.91. The third-order valence-corrected chi connectivity index (χ3v) is 7.76. The molecular weight excluding hydrogens is 436 g/mol. The molecule has 2 aromatic carbocycles. The predicted octanol–water partition coefficient (Wildman–Crippen LogP) is 5.58. The maximum Gasteiger partial charge on any atom is 0.312 e. The maximum absolute atomic E-state index is 13.5. The molecule has 5 nitrogen and oxygen atoms in total. The number of nitrogens with one attached hydrogen (secondary N) is 1. The van der Waals surface area contributed by atoms with Crippen molar-refractivity contribution in [2.24, 2.45) is 17.1 Å². The Labute approximate surface area is 211 Å². The standard InChI is InChI=1S/C30H44N2O3/c1-35-29(34)30(22-25-16-13-15-24-14-10-11-17-26(24)25)19-21-32-23-27(30)28(33)18-9-7-5-3-2-4-6-8-12-20-31/h10-11,13-17,27,32H,2-9,12,18-23,31H2,1H3. The van der Waals surface area contributed by atoms with Gasteiger partial charge >= 0.3 is 5.97 Å². The lowest BCUT2D eigenvalue weighted by atomic mass is 9.64. The molecule has 1 aliphatic rings. The number of Topliss-reactive ketones (excluding diaryl/α,β-unsaturated/α-hetero) is 1. The van der Waals surface area contributed by atoms with E-state index in [1.165, 1.54) is 45.6 Å². The lowest BCUT2D eigenvalue weighted by Gasteiger charge is -2.41. The summed E-state index contributed by atoms with van der Waals surface area (Å²) < 4.78 is 5.34. The first kappa shape index (κ1) is 27.3. The van der Waals surface area contributed by atoms with Crippen LogP contribution in [0.25, 0.3) is 10.8 Å². The lowest BCUT2D eigenvalue weighted by molar-refractivity contribution is -0.161. The fourth-order valence-corrected chi connectivity index (χ4v) is 5.72. The molecule has 2 atom stereocenters. The summed E-state index contributed by atoms with van der Waals surface area (Å²) in [6.07, 6.45) is 12.2. The second kappa shape index (κ2) is 14.4. The number of unbranched alkanes of at least 4 members (excludes halogenated alkanes) is 8. The highest BCUT2D eigenvalue weighted by Gasteiger charge is 2.50. The lowest BCUT2D eigenvalue weighted by Crippen LogP contribution is -2.54. The van der Waals surface area contributed by atoms with Crippen LogP contribution >= 0.6 is 0 Å². The number of carbonyl (C=O) groups is 2. The van der Waals surface area contributed by atoms with Gasteiger partial charge in [-0.15, -0.1) is 0 Å². The SMILES string of the molecule is COC(=O)C1(Cc2cccc3ccccc23)CCNCC1C(=O)CCCCCCCCCCCN. The van der Waals surface area contributed by atoms with E-state index >= 15 is 0 Å². The van der Waals surface area contributed by atoms with Crippen LogP contribution in [-0.2, 0) is 20.7 Å². The van der Waals surface area contributed by atoms with Gasteiger partial charge in [-0.3, -0.25) is 9.59 Å². The van der Waals surface area contributed by atoms with Gasteiger partial charge in [0.2, 0.25) is 0 Å². The number of carbonyl (C=O) groups excluding carboxylic acids is 2. The van der Waals surface area contributed by atoms with Crippen molar-refractivity contribution in [3.8, 4) is 0 Å². The maximum atomic E-state index is 13.5. The van der Waals surface area contributed by atoms with Crippen molar-refractivity contribution in [2.45, 2.75) is 77.0 Å². The summed E-state index contributed by atoms with van der Waals surface area (Å²) >= 11 is 0. The largest absolute Gasteiger partial charge is 0.469 e. The minimum atomic E-state index is -0.815. The van der Waals surface area contributed by atoms with E-state index in [1.807, 2.05) is 18.2 Å². The zero-order chi connectivity index (χ0) is 24.9.